The van der Waals surface area contributed by atoms with Gasteiger partial charge in [-0.15, -0.1) is 0 Å². The Labute approximate surface area is 759 Å². The number of H-pyrrole nitrogens is 3. The summed E-state index contributed by atoms with van der Waals surface area (Å²) in [5.41, 5.74) is 10.4. The first-order valence-electron chi connectivity index (χ1n) is 40.5. The van der Waals surface area contributed by atoms with E-state index < -0.39 is 98.9 Å². The lowest BCUT2D eigenvalue weighted by Crippen LogP contribution is -2.51. The Hall–Kier alpha value is -10.2. The van der Waals surface area contributed by atoms with Gasteiger partial charge in [0.05, 0.1) is 118 Å². The number of rotatable bonds is 26. The first kappa shape index (κ1) is 102. The highest BCUT2D eigenvalue weighted by Crippen LogP contribution is 2.58. The number of amides is 6. The minimum absolute atomic E-state index is 0.0336. The number of carboxylic acid groups (broad SMARTS) is 2. The number of hydrogen-bond acceptors (Lipinski definition) is 25. The number of carboxylic acids is 2. The Bertz CT molecular complexity index is 5310. The maximum atomic E-state index is 13.8. The van der Waals surface area contributed by atoms with E-state index in [4.69, 9.17) is 57.2 Å². The Kier molecular flexibility index (Phi) is 35.9. The smallest absolute Gasteiger partial charge is 0.480 e. The van der Waals surface area contributed by atoms with Gasteiger partial charge in [0.2, 0.25) is 23.9 Å². The fourth-order valence-corrected chi connectivity index (χ4v) is 16.4. The van der Waals surface area contributed by atoms with Crippen LogP contribution < -0.4 is 27.1 Å². The normalized spacial score (nSPS) is 19.2. The van der Waals surface area contributed by atoms with Crippen LogP contribution in [0.3, 0.4) is 0 Å². The van der Waals surface area contributed by atoms with Gasteiger partial charge < -0.3 is 94.6 Å². The van der Waals surface area contributed by atoms with Crippen LogP contribution in [0.4, 0.5) is 19.2 Å². The van der Waals surface area contributed by atoms with Gasteiger partial charge in [0, 0.05) is 51.4 Å². The minimum Gasteiger partial charge on any atom is -0.480 e. The molecule has 1 saturated carbocycles. The number of sulfone groups is 2. The summed E-state index contributed by atoms with van der Waals surface area (Å²) in [6.07, 6.45) is 8.89. The molecule has 3 aromatic heterocycles. The number of nitrogens with one attached hydrogen (secondary N) is 6. The zero-order valence-electron chi connectivity index (χ0n) is 73.3. The number of methoxy groups -OCH3 is 3. The van der Waals surface area contributed by atoms with E-state index >= 15 is 0 Å². The second-order valence-corrected chi connectivity index (χ2v) is 40.7. The van der Waals surface area contributed by atoms with Gasteiger partial charge >= 0.3 is 43.4 Å². The number of imidazole rings is 3. The van der Waals surface area contributed by atoms with E-state index in [0.717, 1.165) is 116 Å². The van der Waals surface area contributed by atoms with Crippen molar-refractivity contribution in [3.8, 4) is 33.8 Å². The van der Waals surface area contributed by atoms with Gasteiger partial charge in [-0.3, -0.25) is 19.3 Å². The number of likely N-dealkylation sites (tertiary alicyclic amines) is 3. The molecule has 1 spiro atoms. The molecule has 4 aliphatic heterocycles. The predicted octanol–water partition coefficient (Wildman–Crippen LogP) is 11.6. The van der Waals surface area contributed by atoms with E-state index in [-0.39, 0.29) is 95.8 Å². The first-order chi connectivity index (χ1) is 59.6. The highest BCUT2D eigenvalue weighted by Gasteiger charge is 2.56. The van der Waals surface area contributed by atoms with Crippen LogP contribution in [0, 0.1) is 24.5 Å². The molecule has 37 nitrogen and oxygen atoms in total. The number of nitrogens with two attached hydrogens (primary N) is 1. The molecule has 43 heteroatoms. The molecule has 0 radical (unpaired) electrons. The Balaban J connectivity index is 0.000000210. The van der Waals surface area contributed by atoms with Crippen molar-refractivity contribution in [2.45, 2.75) is 185 Å². The zero-order chi connectivity index (χ0) is 93.8. The summed E-state index contributed by atoms with van der Waals surface area (Å²) in [7, 11) is -1.73. The maximum Gasteiger partial charge on any atom is 0.494 e. The Morgan fingerprint density at radius 2 is 1.07 bits per heavy atom. The van der Waals surface area contributed by atoms with Gasteiger partial charge in [-0.05, 0) is 156 Å². The van der Waals surface area contributed by atoms with Gasteiger partial charge in [0.25, 0.3) is 0 Å². The molecule has 7 heterocycles. The molecule has 0 bridgehead atoms. The summed E-state index contributed by atoms with van der Waals surface area (Å²) in [6.45, 7) is 33.7. The monoisotopic (exact) mass is 1950 g/mol. The summed E-state index contributed by atoms with van der Waals surface area (Å²) in [4.78, 5) is 136. The minimum atomic E-state index is -3.25. The third-order valence-corrected chi connectivity index (χ3v) is 25.4. The van der Waals surface area contributed by atoms with Crippen molar-refractivity contribution in [3.63, 3.8) is 0 Å². The number of ether oxygens (including phenoxy) is 4. The van der Waals surface area contributed by atoms with E-state index in [0.29, 0.717) is 43.3 Å². The molecule has 5 fully saturated rings. The number of alkyl carbamates (subject to hydrolysis) is 3. The van der Waals surface area contributed by atoms with Crippen LogP contribution in [0.25, 0.3) is 54.2 Å². The van der Waals surface area contributed by atoms with Crippen molar-refractivity contribution in [3.05, 3.63) is 153 Å². The molecular formula is C84H110BBr2N15O22S3. The summed E-state index contributed by atoms with van der Waals surface area (Å²) in [5, 5.41) is 26.5. The molecule has 7 aromatic rings. The van der Waals surface area contributed by atoms with Crippen molar-refractivity contribution < 1.29 is 103 Å². The molecule has 9 atom stereocenters. The standard InChI is InChI=1S/C32H41BN4O5.C21H24BrN5O5S.C19H21BrN4O2.C7H13NO6S.C5H11NO4S/c1-19(2)26(36-29(39)40-7)28(38)37-18-32(12-13-32)16-25(37)27-34-17-24(35-27)22-9-8-21-15-23(11-10-20(21)14-22)33-41-30(3,4)31(5,6)42-33;1-23-15-10-18(19-24-11-17(25-19)13-4-6-14(22)7-5-13)27(12-15)20(28)16(26-21(29)30-2)8-9-33-32-31-3;1-19(2,3)26-18(25)24-11-14(21-4)9-16(24)17-22-10-15(23-17)12-5-7-13(20)8-6-12;1-14-7(11)8-5(6(9)10)3-4-15(2,12)13;1-11(9,10)3-2-4(6)5(7)8/h8-11,14-15,17,19,25-26H,12-13,16,18H2,1-7H3,(H,34,35)(H,36,39);4-7,11,15-16,18H,8-10,12H2,2-3H3,(H,24,25)(H,26,29);5-8,10,14,16H,9,11H2,1-3H3,(H,22,23);5H,3-4H2,1-2H3,(H,8,11)(H,9,10);4H,2-3,6H2,1H3,(H,7,8)/t25-,26-;15-,16-,18-;14-,16-;5-;4-/m00000/s1. The van der Waals surface area contributed by atoms with Crippen LogP contribution in [0.1, 0.15) is 149 Å². The number of aliphatic carboxylic acids is 2. The SMILES string of the molecule is COC(=O)N[C@@H](CCS(C)(=O)=O)C(=O)O.COC(=O)N[C@H](C(=O)N1CC2(CC2)C[C@H]1c1ncc(-c2ccc3cc(B4OC(C)(C)C(C)(C)O4)ccc3c2)[nH]1)C(C)C.CS(=O)(=O)CC[C@H](N)C(=O)O.[C-]#[N+][C@H]1C[C@@H](c2ncc(-c3ccc(Br)cc3)[nH]2)N(C(=O)OC(C)(C)C)C1.[C-]#[N+][C@H]1C[C@@H](c2ncc(-c3ccc(Br)cc3)[nH]2)N(C(=O)[C@H](CCSOOC)NC(=O)OC)C1. The van der Waals surface area contributed by atoms with Crippen molar-refractivity contribution in [2.75, 3.05) is 77.8 Å². The molecule has 127 heavy (non-hydrogen) atoms. The molecule has 4 aromatic carbocycles. The van der Waals surface area contributed by atoms with E-state index in [9.17, 15) is 55.2 Å². The lowest BCUT2D eigenvalue weighted by molar-refractivity contribution is -0.160. The molecule has 688 valence electrons. The number of nitrogens with zero attached hydrogens (tertiary/aromatic N) is 8. The fourth-order valence-electron chi connectivity index (χ4n) is 14.0. The molecule has 6 amide bonds. The number of aromatic amines is 3. The van der Waals surface area contributed by atoms with Gasteiger partial charge in [-0.25, -0.2) is 73.8 Å². The lowest BCUT2D eigenvalue weighted by atomic mass is 9.78. The average Bonchev–Trinajstić information content (AvgIpc) is 1.58. The van der Waals surface area contributed by atoms with Crippen molar-refractivity contribution in [1.82, 2.24) is 60.6 Å². The molecule has 5 aliphatic rings. The van der Waals surface area contributed by atoms with Gasteiger partial charge in [-0.1, -0.05) is 100 Å². The zero-order valence-corrected chi connectivity index (χ0v) is 78.9. The number of halogens is 2. The van der Waals surface area contributed by atoms with Gasteiger partial charge in [0.1, 0.15) is 79.5 Å². The number of carbonyl (C=O) groups is 8. The van der Waals surface area contributed by atoms with Crippen LogP contribution in [0.2, 0.25) is 0 Å². The summed E-state index contributed by atoms with van der Waals surface area (Å²) in [5.74, 6) is -0.996. The molecular weight excluding hydrogens is 1840 g/mol. The van der Waals surface area contributed by atoms with Crippen LogP contribution in [-0.2, 0) is 76.3 Å². The third kappa shape index (κ3) is 29.4. The van der Waals surface area contributed by atoms with Gasteiger partial charge in [0.15, 0.2) is 0 Å². The Morgan fingerprint density at radius 1 is 0.622 bits per heavy atom. The number of carbonyl (C=O) groups excluding carboxylic acids is 6. The molecule has 4 saturated heterocycles. The van der Waals surface area contributed by atoms with E-state index in [1.54, 1.807) is 22.2 Å². The number of aromatic nitrogens is 6. The molecule has 10 N–H and O–H groups in total. The highest BCUT2D eigenvalue weighted by atomic mass is 79.9. The maximum absolute atomic E-state index is 13.8. The van der Waals surface area contributed by atoms with E-state index in [2.05, 4.69) is 156 Å². The topological polar surface area (TPSA) is 486 Å². The van der Waals surface area contributed by atoms with E-state index in [1.807, 2.05) is 99.6 Å². The number of benzene rings is 4. The molecule has 0 unspecified atom stereocenters. The third-order valence-electron chi connectivity index (χ3n) is 21.8. The average molecular weight is 1950 g/mol. The summed E-state index contributed by atoms with van der Waals surface area (Å²) < 4.78 is 81.0. The van der Waals surface area contributed by atoms with Crippen LogP contribution in [0.5, 0.6) is 0 Å². The van der Waals surface area contributed by atoms with Crippen molar-refractivity contribution in [1.29, 1.82) is 0 Å². The number of hydrogen-bond donors (Lipinski definition) is 9. The second-order valence-electron chi connectivity index (χ2n) is 33.5. The second kappa shape index (κ2) is 44.7. The predicted molar refractivity (Wildman–Crippen MR) is 481 cm³/mol. The molecule has 1 aliphatic carbocycles. The quantitative estimate of drug-likeness (QED) is 0.00462. The molecule has 12 rings (SSSR count). The summed E-state index contributed by atoms with van der Waals surface area (Å²) >= 11 is 7.88. The van der Waals surface area contributed by atoms with Crippen LogP contribution in [-0.4, -0.2) is 258 Å². The Morgan fingerprint density at radius 3 is 1.53 bits per heavy atom. The van der Waals surface area contributed by atoms with Crippen LogP contribution in [0.15, 0.2) is 112 Å². The highest BCUT2D eigenvalue weighted by molar-refractivity contribution is 9.10. The fraction of sp³-hybridized carbons (Fsp3) is 0.512. The number of fused-ring (bicyclic) bond motifs is 1. The largest absolute Gasteiger partial charge is 0.494 e. The van der Waals surface area contributed by atoms with E-state index in [1.165, 1.54) is 21.3 Å². The van der Waals surface area contributed by atoms with Gasteiger partial charge in [-0.2, -0.15) is 4.33 Å². The lowest BCUT2D eigenvalue weighted by Gasteiger charge is -2.32. The van der Waals surface area contributed by atoms with Crippen molar-refractivity contribution >= 4 is 135 Å². The summed E-state index contributed by atoms with van der Waals surface area (Å²) in [6, 6.07) is 23.0. The van der Waals surface area contributed by atoms with Crippen molar-refractivity contribution in [2.24, 2.45) is 17.1 Å². The van der Waals surface area contributed by atoms with Crippen LogP contribution >= 0.6 is 43.9 Å². The first-order valence-corrected chi connectivity index (χ1v) is 47.1.